The quantitative estimate of drug-likeness (QED) is 0.402. The highest BCUT2D eigenvalue weighted by Crippen LogP contribution is 2.66. The number of rotatable bonds is 9. The topological polar surface area (TPSA) is 118 Å². The van der Waals surface area contributed by atoms with Gasteiger partial charge in [0.15, 0.2) is 0 Å². The minimum Gasteiger partial charge on any atom is -0.480 e. The van der Waals surface area contributed by atoms with Crippen LogP contribution in [0.4, 0.5) is 0 Å². The third-order valence-corrected chi connectivity index (χ3v) is 8.91. The van der Waals surface area contributed by atoms with Crippen LogP contribution in [0, 0.1) is 29.1 Å². The highest BCUT2D eigenvalue weighted by atomic mass is 32.2. The molecule has 166 valence electrons. The fourth-order valence-electron chi connectivity index (χ4n) is 7.41. The molecule has 4 bridgehead atoms. The largest absolute Gasteiger partial charge is 0.480 e. The van der Waals surface area contributed by atoms with Crippen molar-refractivity contribution in [3.63, 3.8) is 0 Å². The number of carboxylic acid groups (broad SMARTS) is 1. The fraction of sp³-hybridized carbons (Fsp3) is 0.696. The van der Waals surface area contributed by atoms with Crippen LogP contribution in [-0.4, -0.2) is 35.8 Å². The van der Waals surface area contributed by atoms with Gasteiger partial charge in [-0.1, -0.05) is 36.8 Å². The van der Waals surface area contributed by atoms with Gasteiger partial charge in [0.05, 0.1) is 5.75 Å². The van der Waals surface area contributed by atoms with Crippen LogP contribution in [0.5, 0.6) is 0 Å². The SMILES string of the molecule is N[C@H](C(=O)O)C(c1ccccc1)C1C2CC3CC1CC(CCCCS(=O)(=O)O)(C3)C2. The molecule has 3 unspecified atom stereocenters. The maximum Gasteiger partial charge on any atom is 0.321 e. The number of aliphatic carboxylic acids is 1. The van der Waals surface area contributed by atoms with Crippen LogP contribution < -0.4 is 5.73 Å². The Morgan fingerprint density at radius 2 is 1.73 bits per heavy atom. The van der Waals surface area contributed by atoms with E-state index >= 15 is 0 Å². The lowest BCUT2D eigenvalue weighted by Crippen LogP contribution is -2.55. The molecule has 4 aliphatic rings. The van der Waals surface area contributed by atoms with E-state index < -0.39 is 22.1 Å². The predicted molar refractivity (Wildman–Crippen MR) is 115 cm³/mol. The highest BCUT2D eigenvalue weighted by molar-refractivity contribution is 7.85. The Labute approximate surface area is 179 Å². The molecule has 4 atom stereocenters. The van der Waals surface area contributed by atoms with Crippen molar-refractivity contribution in [2.45, 2.75) is 63.3 Å². The molecule has 1 aromatic rings. The molecule has 0 heterocycles. The van der Waals surface area contributed by atoms with E-state index in [0.29, 0.717) is 30.1 Å². The van der Waals surface area contributed by atoms with Gasteiger partial charge in [0.2, 0.25) is 0 Å². The average Bonchev–Trinajstić information content (AvgIpc) is 2.67. The molecular weight excluding hydrogens is 402 g/mol. The van der Waals surface area contributed by atoms with Crippen molar-refractivity contribution in [1.82, 2.24) is 0 Å². The first kappa shape index (κ1) is 21.8. The Morgan fingerprint density at radius 1 is 1.10 bits per heavy atom. The first-order chi connectivity index (χ1) is 14.2. The van der Waals surface area contributed by atoms with Gasteiger partial charge in [0.1, 0.15) is 6.04 Å². The van der Waals surface area contributed by atoms with Crippen LogP contribution in [0.3, 0.4) is 0 Å². The summed E-state index contributed by atoms with van der Waals surface area (Å²) in [5.41, 5.74) is 7.55. The monoisotopic (exact) mass is 435 g/mol. The molecule has 0 spiro atoms. The fourth-order valence-corrected chi connectivity index (χ4v) is 7.98. The van der Waals surface area contributed by atoms with Crippen molar-refractivity contribution < 1.29 is 22.9 Å². The van der Waals surface area contributed by atoms with E-state index in [4.69, 9.17) is 10.3 Å². The summed E-state index contributed by atoms with van der Waals surface area (Å²) in [6.45, 7) is 0. The van der Waals surface area contributed by atoms with Crippen molar-refractivity contribution in [2.75, 3.05) is 5.75 Å². The molecule has 0 aliphatic heterocycles. The molecule has 5 rings (SSSR count). The molecular formula is C23H33NO5S. The first-order valence-corrected chi connectivity index (χ1v) is 12.8. The summed E-state index contributed by atoms with van der Waals surface area (Å²) >= 11 is 0. The number of carbonyl (C=O) groups is 1. The Balaban J connectivity index is 1.53. The van der Waals surface area contributed by atoms with Crippen molar-refractivity contribution in [3.05, 3.63) is 35.9 Å². The van der Waals surface area contributed by atoms with Crippen molar-refractivity contribution in [1.29, 1.82) is 0 Å². The van der Waals surface area contributed by atoms with Crippen LogP contribution in [0.15, 0.2) is 30.3 Å². The number of unbranched alkanes of at least 4 members (excludes halogenated alkanes) is 1. The van der Waals surface area contributed by atoms with Crippen LogP contribution in [0.25, 0.3) is 0 Å². The molecule has 0 radical (unpaired) electrons. The van der Waals surface area contributed by atoms with Gasteiger partial charge in [0, 0.05) is 5.92 Å². The van der Waals surface area contributed by atoms with Gasteiger partial charge < -0.3 is 10.8 Å². The number of hydrogen-bond acceptors (Lipinski definition) is 4. The summed E-state index contributed by atoms with van der Waals surface area (Å²) in [5.74, 6) is 0.680. The summed E-state index contributed by atoms with van der Waals surface area (Å²) in [5, 5.41) is 9.73. The van der Waals surface area contributed by atoms with E-state index in [9.17, 15) is 18.3 Å². The van der Waals surface area contributed by atoms with Crippen molar-refractivity contribution >= 4 is 16.1 Å². The Kier molecular flexibility index (Phi) is 5.99. The van der Waals surface area contributed by atoms with Gasteiger partial charge in [-0.3, -0.25) is 9.35 Å². The minimum atomic E-state index is -3.89. The zero-order valence-corrected chi connectivity index (χ0v) is 18.1. The molecule has 4 N–H and O–H groups in total. The maximum atomic E-state index is 11.9. The van der Waals surface area contributed by atoms with E-state index in [-0.39, 0.29) is 17.1 Å². The minimum absolute atomic E-state index is 0.161. The predicted octanol–water partition coefficient (Wildman–Crippen LogP) is 3.68. The summed E-state index contributed by atoms with van der Waals surface area (Å²) in [6, 6.07) is 9.01. The van der Waals surface area contributed by atoms with Crippen molar-refractivity contribution in [2.24, 2.45) is 34.8 Å². The van der Waals surface area contributed by atoms with Crippen LogP contribution in [-0.2, 0) is 14.9 Å². The summed E-state index contributed by atoms with van der Waals surface area (Å²) in [7, 11) is -3.89. The van der Waals surface area contributed by atoms with Gasteiger partial charge in [-0.15, -0.1) is 0 Å². The molecule has 1 aromatic carbocycles. The molecule has 0 aromatic heterocycles. The van der Waals surface area contributed by atoms with E-state index in [0.717, 1.165) is 44.1 Å². The number of nitrogens with two attached hydrogens (primary N) is 1. The second-order valence-corrected chi connectivity index (χ2v) is 11.7. The van der Waals surface area contributed by atoms with Gasteiger partial charge in [-0.25, -0.2) is 0 Å². The molecule has 6 nitrogen and oxygen atoms in total. The van der Waals surface area contributed by atoms with Crippen LogP contribution in [0.1, 0.15) is 62.8 Å². The number of hydrogen-bond donors (Lipinski definition) is 3. The Bertz CT molecular complexity index is 855. The smallest absolute Gasteiger partial charge is 0.321 e. The lowest BCUT2D eigenvalue weighted by atomic mass is 9.43. The van der Waals surface area contributed by atoms with Gasteiger partial charge in [-0.05, 0) is 79.6 Å². The molecule has 7 heteroatoms. The summed E-state index contributed by atoms with van der Waals surface area (Å²) in [6.07, 6.45) is 8.01. The summed E-state index contributed by atoms with van der Waals surface area (Å²) < 4.78 is 31.0. The van der Waals surface area contributed by atoms with Gasteiger partial charge >= 0.3 is 5.97 Å². The van der Waals surface area contributed by atoms with E-state index in [1.807, 2.05) is 30.3 Å². The first-order valence-electron chi connectivity index (χ1n) is 11.2. The third-order valence-electron chi connectivity index (χ3n) is 8.10. The molecule has 4 aliphatic carbocycles. The van der Waals surface area contributed by atoms with Gasteiger partial charge in [-0.2, -0.15) is 8.42 Å². The van der Waals surface area contributed by atoms with Crippen LogP contribution >= 0.6 is 0 Å². The normalized spacial score (nSPS) is 34.6. The number of benzene rings is 1. The molecule has 0 amide bonds. The number of carboxylic acids is 1. The Morgan fingerprint density at radius 3 is 2.30 bits per heavy atom. The lowest BCUT2D eigenvalue weighted by molar-refractivity contribution is -0.143. The lowest BCUT2D eigenvalue weighted by Gasteiger charge is -2.62. The second kappa shape index (κ2) is 8.24. The van der Waals surface area contributed by atoms with E-state index in [1.165, 1.54) is 6.42 Å². The van der Waals surface area contributed by atoms with Crippen LogP contribution in [0.2, 0.25) is 0 Å². The second-order valence-electron chi connectivity index (χ2n) is 10.1. The zero-order chi connectivity index (χ0) is 21.5. The van der Waals surface area contributed by atoms with Crippen molar-refractivity contribution in [3.8, 4) is 0 Å². The maximum absolute atomic E-state index is 11.9. The van der Waals surface area contributed by atoms with E-state index in [1.54, 1.807) is 0 Å². The zero-order valence-electron chi connectivity index (χ0n) is 17.3. The standard InChI is InChI=1S/C23H33NO5S/c24-21(22(25)26)20(16-6-2-1-3-7-16)19-17-10-15-11-18(19)14-23(12-15,13-17)8-4-5-9-30(27,28)29/h1-3,6-7,15,17-21H,4-5,8-14,24H2,(H,25,26)(H,27,28,29)/t15?,17?,18?,19?,20?,21-,23?/m0/s1. The molecule has 0 saturated heterocycles. The van der Waals surface area contributed by atoms with E-state index in [2.05, 4.69) is 0 Å². The average molecular weight is 436 g/mol. The summed E-state index contributed by atoms with van der Waals surface area (Å²) in [4.78, 5) is 11.9. The highest BCUT2D eigenvalue weighted by Gasteiger charge is 2.57. The molecule has 4 fully saturated rings. The molecule has 30 heavy (non-hydrogen) atoms. The third kappa shape index (κ3) is 4.43. The van der Waals surface area contributed by atoms with Gasteiger partial charge in [0.25, 0.3) is 10.1 Å². The Hall–Kier alpha value is -1.44. The molecule has 4 saturated carbocycles.